The monoisotopic (exact) mass is 354 g/mol. The van der Waals surface area contributed by atoms with Gasteiger partial charge in [-0.2, -0.15) is 0 Å². The number of rotatable bonds is 3. The molecule has 1 N–H and O–H groups in total. The number of aryl methyl sites for hydroxylation is 1. The molecule has 0 bridgehead atoms. The topological polar surface area (TPSA) is 49.4 Å². The fourth-order valence-corrected chi connectivity index (χ4v) is 3.30. The predicted molar refractivity (Wildman–Crippen MR) is 99.6 cm³/mol. The maximum absolute atomic E-state index is 13.9. The fourth-order valence-electron chi connectivity index (χ4n) is 3.30. The highest BCUT2D eigenvalue weighted by molar-refractivity contribution is 5.96. The second-order valence-corrected chi connectivity index (χ2v) is 6.81. The molecule has 1 unspecified atom stereocenters. The molecule has 26 heavy (non-hydrogen) atoms. The van der Waals surface area contributed by atoms with Crippen molar-refractivity contribution in [2.24, 2.45) is 5.92 Å². The summed E-state index contributed by atoms with van der Waals surface area (Å²) in [6.45, 7) is 4.82. The predicted octanol–water partition coefficient (Wildman–Crippen LogP) is 3.93. The van der Waals surface area contributed by atoms with E-state index in [1.165, 1.54) is 12.1 Å². The zero-order chi connectivity index (χ0) is 18.7. The van der Waals surface area contributed by atoms with Crippen LogP contribution in [0.4, 0.5) is 10.1 Å². The van der Waals surface area contributed by atoms with Gasteiger partial charge in [0.1, 0.15) is 5.82 Å². The summed E-state index contributed by atoms with van der Waals surface area (Å²) in [5.74, 6) is -1.27. The third-order valence-corrected chi connectivity index (χ3v) is 5.05. The van der Waals surface area contributed by atoms with E-state index in [9.17, 15) is 14.0 Å². The molecule has 5 heteroatoms. The molecule has 1 atom stereocenters. The van der Waals surface area contributed by atoms with Gasteiger partial charge < -0.3 is 10.2 Å². The molecule has 1 aliphatic rings. The van der Waals surface area contributed by atoms with Crippen molar-refractivity contribution in [2.75, 3.05) is 18.4 Å². The lowest BCUT2D eigenvalue weighted by Crippen LogP contribution is -2.44. The Morgan fingerprint density at radius 3 is 2.65 bits per heavy atom. The van der Waals surface area contributed by atoms with Crippen molar-refractivity contribution in [3.63, 3.8) is 0 Å². The van der Waals surface area contributed by atoms with E-state index in [1.807, 2.05) is 32.0 Å². The first kappa shape index (κ1) is 18.1. The van der Waals surface area contributed by atoms with Gasteiger partial charge in [0.05, 0.1) is 11.5 Å². The van der Waals surface area contributed by atoms with Gasteiger partial charge in [-0.15, -0.1) is 0 Å². The number of halogens is 1. The summed E-state index contributed by atoms with van der Waals surface area (Å²) in [5.41, 5.74) is 3.01. The minimum Gasteiger partial charge on any atom is -0.338 e. The van der Waals surface area contributed by atoms with Crippen LogP contribution in [-0.4, -0.2) is 29.8 Å². The van der Waals surface area contributed by atoms with E-state index in [0.29, 0.717) is 13.1 Å². The number of anilines is 1. The summed E-state index contributed by atoms with van der Waals surface area (Å²) in [5, 5.41) is 2.98. The van der Waals surface area contributed by atoms with Crippen LogP contribution in [0.3, 0.4) is 0 Å². The molecule has 0 aromatic heterocycles. The molecule has 0 saturated carbocycles. The average Bonchev–Trinajstić information content (AvgIpc) is 2.65. The van der Waals surface area contributed by atoms with Crippen LogP contribution in [0.5, 0.6) is 0 Å². The number of carbonyl (C=O) groups is 2. The van der Waals surface area contributed by atoms with Crippen LogP contribution >= 0.6 is 0 Å². The lowest BCUT2D eigenvalue weighted by Gasteiger charge is -2.32. The Morgan fingerprint density at radius 1 is 1.12 bits per heavy atom. The van der Waals surface area contributed by atoms with E-state index in [4.69, 9.17) is 0 Å². The molecule has 0 aliphatic carbocycles. The molecule has 0 spiro atoms. The Hall–Kier alpha value is -2.69. The Bertz CT molecular complexity index is 835. The van der Waals surface area contributed by atoms with Gasteiger partial charge in [0.15, 0.2) is 0 Å². The number of benzene rings is 2. The van der Waals surface area contributed by atoms with E-state index in [-0.39, 0.29) is 23.3 Å². The van der Waals surface area contributed by atoms with Gasteiger partial charge in [-0.25, -0.2) is 4.39 Å². The molecule has 3 rings (SSSR count). The third kappa shape index (κ3) is 3.77. The zero-order valence-electron chi connectivity index (χ0n) is 15.1. The Balaban J connectivity index is 1.70. The van der Waals surface area contributed by atoms with Crippen molar-refractivity contribution >= 4 is 17.5 Å². The molecule has 4 nitrogen and oxygen atoms in total. The standard InChI is InChI=1S/C21H23FN2O2/c1-14-7-5-11-19(15(14)2)23-20(25)16-8-6-12-24(13-16)21(26)17-9-3-4-10-18(17)22/h3-5,7,9-11,16H,6,8,12-13H2,1-2H3,(H,23,25). The van der Waals surface area contributed by atoms with Crippen molar-refractivity contribution in [1.29, 1.82) is 0 Å². The van der Waals surface area contributed by atoms with Crippen molar-refractivity contribution in [1.82, 2.24) is 4.90 Å². The second kappa shape index (κ2) is 7.68. The minimum atomic E-state index is -0.528. The lowest BCUT2D eigenvalue weighted by molar-refractivity contribution is -0.121. The van der Waals surface area contributed by atoms with E-state index in [2.05, 4.69) is 5.32 Å². The Morgan fingerprint density at radius 2 is 1.88 bits per heavy atom. The molecule has 1 heterocycles. The van der Waals surface area contributed by atoms with E-state index in [0.717, 1.165) is 29.7 Å². The van der Waals surface area contributed by atoms with Crippen LogP contribution in [0, 0.1) is 25.6 Å². The van der Waals surface area contributed by atoms with Gasteiger partial charge in [0.2, 0.25) is 5.91 Å². The number of hydrogen-bond acceptors (Lipinski definition) is 2. The molecule has 2 aromatic rings. The van der Waals surface area contributed by atoms with Crippen LogP contribution in [-0.2, 0) is 4.79 Å². The first-order valence-electron chi connectivity index (χ1n) is 8.88. The van der Waals surface area contributed by atoms with Gasteiger partial charge in [-0.05, 0) is 56.0 Å². The highest BCUT2D eigenvalue weighted by Crippen LogP contribution is 2.23. The highest BCUT2D eigenvalue weighted by Gasteiger charge is 2.30. The highest BCUT2D eigenvalue weighted by atomic mass is 19.1. The SMILES string of the molecule is Cc1cccc(NC(=O)C2CCCN(C(=O)c3ccccc3F)C2)c1C. The summed E-state index contributed by atoms with van der Waals surface area (Å²) in [6, 6.07) is 11.8. The average molecular weight is 354 g/mol. The van der Waals surface area contributed by atoms with Crippen LogP contribution in [0.1, 0.15) is 34.3 Å². The quantitative estimate of drug-likeness (QED) is 0.908. The van der Waals surface area contributed by atoms with Crippen molar-refractivity contribution < 1.29 is 14.0 Å². The van der Waals surface area contributed by atoms with Gasteiger partial charge >= 0.3 is 0 Å². The minimum absolute atomic E-state index is 0.0584. The molecule has 2 aromatic carbocycles. The maximum atomic E-state index is 13.9. The van der Waals surface area contributed by atoms with Gasteiger partial charge in [0, 0.05) is 18.8 Å². The number of carbonyl (C=O) groups excluding carboxylic acids is 2. The molecular weight excluding hydrogens is 331 g/mol. The second-order valence-electron chi connectivity index (χ2n) is 6.81. The van der Waals surface area contributed by atoms with Crippen molar-refractivity contribution in [3.05, 3.63) is 65.0 Å². The van der Waals surface area contributed by atoms with E-state index < -0.39 is 5.82 Å². The smallest absolute Gasteiger partial charge is 0.256 e. The summed E-state index contributed by atoms with van der Waals surface area (Å²) >= 11 is 0. The first-order valence-corrected chi connectivity index (χ1v) is 8.88. The maximum Gasteiger partial charge on any atom is 0.256 e. The van der Waals surface area contributed by atoms with Crippen LogP contribution in [0.25, 0.3) is 0 Å². The summed E-state index contributed by atoms with van der Waals surface area (Å²) < 4.78 is 13.9. The van der Waals surface area contributed by atoms with Gasteiger partial charge in [0.25, 0.3) is 5.91 Å². The summed E-state index contributed by atoms with van der Waals surface area (Å²) in [4.78, 5) is 26.9. The first-order chi connectivity index (χ1) is 12.5. The number of amides is 2. The van der Waals surface area contributed by atoms with Crippen molar-refractivity contribution in [2.45, 2.75) is 26.7 Å². The molecule has 0 radical (unpaired) electrons. The lowest BCUT2D eigenvalue weighted by atomic mass is 9.96. The number of hydrogen-bond donors (Lipinski definition) is 1. The summed E-state index contributed by atoms with van der Waals surface area (Å²) in [7, 11) is 0. The molecule has 136 valence electrons. The largest absolute Gasteiger partial charge is 0.338 e. The molecule has 1 fully saturated rings. The fraction of sp³-hybridized carbons (Fsp3) is 0.333. The summed E-state index contributed by atoms with van der Waals surface area (Å²) in [6.07, 6.45) is 1.45. The van der Waals surface area contributed by atoms with E-state index >= 15 is 0 Å². The zero-order valence-corrected chi connectivity index (χ0v) is 15.1. The Kier molecular flexibility index (Phi) is 5.35. The van der Waals surface area contributed by atoms with Crippen LogP contribution < -0.4 is 5.32 Å². The van der Waals surface area contributed by atoms with Crippen LogP contribution in [0.2, 0.25) is 0 Å². The third-order valence-electron chi connectivity index (χ3n) is 5.05. The number of nitrogens with one attached hydrogen (secondary N) is 1. The van der Waals surface area contributed by atoms with E-state index in [1.54, 1.807) is 17.0 Å². The molecule has 1 saturated heterocycles. The number of nitrogens with zero attached hydrogens (tertiary/aromatic N) is 1. The number of likely N-dealkylation sites (tertiary alicyclic amines) is 1. The molecule has 1 aliphatic heterocycles. The normalized spacial score (nSPS) is 17.0. The van der Waals surface area contributed by atoms with Crippen molar-refractivity contribution in [3.8, 4) is 0 Å². The number of piperidine rings is 1. The Labute approximate surface area is 153 Å². The van der Waals surface area contributed by atoms with Gasteiger partial charge in [-0.1, -0.05) is 24.3 Å². The van der Waals surface area contributed by atoms with Gasteiger partial charge in [-0.3, -0.25) is 9.59 Å². The molecular formula is C21H23FN2O2. The van der Waals surface area contributed by atoms with Crippen LogP contribution in [0.15, 0.2) is 42.5 Å². The molecule has 2 amide bonds.